The van der Waals surface area contributed by atoms with Crippen LogP contribution < -0.4 is 5.73 Å². The Hall–Kier alpha value is -0.870. The maximum atomic E-state index is 6.34. The Bertz CT molecular complexity index is 615. The third kappa shape index (κ3) is 4.07. The van der Waals surface area contributed by atoms with Crippen molar-refractivity contribution < 1.29 is 0 Å². The summed E-state index contributed by atoms with van der Waals surface area (Å²) in [6, 6.07) is 14.4. The lowest BCUT2D eigenvalue weighted by Crippen LogP contribution is -2.30. The maximum Gasteiger partial charge on any atom is 0.0486 e. The Morgan fingerprint density at radius 2 is 1.95 bits per heavy atom. The van der Waals surface area contributed by atoms with Gasteiger partial charge in [-0.05, 0) is 48.9 Å². The number of aryl methyl sites for hydroxylation is 1. The van der Waals surface area contributed by atoms with Gasteiger partial charge in [-0.3, -0.25) is 4.90 Å². The molecule has 0 aliphatic heterocycles. The van der Waals surface area contributed by atoms with Crippen molar-refractivity contribution in [1.82, 2.24) is 4.90 Å². The van der Waals surface area contributed by atoms with E-state index < -0.39 is 0 Å². The summed E-state index contributed by atoms with van der Waals surface area (Å²) in [6.07, 6.45) is 0. The molecular weight excluding hydrogens is 348 g/mol. The molecule has 1 unspecified atom stereocenters. The van der Waals surface area contributed by atoms with Crippen LogP contribution in [0, 0.1) is 6.92 Å². The molecule has 0 aromatic heterocycles. The second-order valence-electron chi connectivity index (χ2n) is 5.26. The number of likely N-dealkylation sites (N-methyl/N-ethyl adjacent to an activating group) is 1. The Kier molecular flexibility index (Phi) is 5.82. The predicted octanol–water partition coefficient (Wildman–Crippen LogP) is 4.54. The smallest absolute Gasteiger partial charge is 0.0486 e. The lowest BCUT2D eigenvalue weighted by molar-refractivity contribution is 0.241. The second-order valence-corrected chi connectivity index (χ2v) is 6.58. The molecule has 112 valence electrons. The van der Waals surface area contributed by atoms with E-state index in [0.717, 1.165) is 21.6 Å². The van der Waals surface area contributed by atoms with Gasteiger partial charge in [0.25, 0.3) is 0 Å². The van der Waals surface area contributed by atoms with E-state index in [0.29, 0.717) is 6.54 Å². The number of hydrogen-bond donors (Lipinski definition) is 1. The molecule has 0 bridgehead atoms. The van der Waals surface area contributed by atoms with E-state index in [1.807, 2.05) is 18.2 Å². The first-order chi connectivity index (χ1) is 10.0. The van der Waals surface area contributed by atoms with Gasteiger partial charge in [0.15, 0.2) is 0 Å². The van der Waals surface area contributed by atoms with Gasteiger partial charge in [-0.25, -0.2) is 0 Å². The van der Waals surface area contributed by atoms with Crippen molar-refractivity contribution in [2.24, 2.45) is 5.73 Å². The number of nitrogens with two attached hydrogens (primary N) is 1. The highest BCUT2D eigenvalue weighted by atomic mass is 79.9. The molecule has 0 fully saturated rings. The van der Waals surface area contributed by atoms with E-state index in [-0.39, 0.29) is 6.04 Å². The van der Waals surface area contributed by atoms with Gasteiger partial charge in [-0.15, -0.1) is 0 Å². The molecule has 4 heteroatoms. The zero-order chi connectivity index (χ0) is 15.4. The summed E-state index contributed by atoms with van der Waals surface area (Å²) in [5.41, 5.74) is 9.66. The third-order valence-electron chi connectivity index (χ3n) is 3.75. The fraction of sp³-hybridized carbons (Fsp3) is 0.294. The lowest BCUT2D eigenvalue weighted by atomic mass is 10.0. The molecule has 2 aromatic carbocycles. The van der Waals surface area contributed by atoms with Gasteiger partial charge in [-0.2, -0.15) is 0 Å². The van der Waals surface area contributed by atoms with Crippen LogP contribution in [0.25, 0.3) is 0 Å². The highest BCUT2D eigenvalue weighted by Gasteiger charge is 2.19. The Balaban J connectivity index is 2.25. The number of benzene rings is 2. The summed E-state index contributed by atoms with van der Waals surface area (Å²) < 4.78 is 1.02. The fourth-order valence-electron chi connectivity index (χ4n) is 2.48. The summed E-state index contributed by atoms with van der Waals surface area (Å²) in [4.78, 5) is 2.25. The molecule has 0 radical (unpaired) electrons. The molecule has 0 aliphatic rings. The van der Waals surface area contributed by atoms with Crippen LogP contribution in [0.5, 0.6) is 0 Å². The van der Waals surface area contributed by atoms with Crippen LogP contribution in [0.4, 0.5) is 0 Å². The average Bonchev–Trinajstić information content (AvgIpc) is 2.46. The van der Waals surface area contributed by atoms with Crippen LogP contribution in [0.15, 0.2) is 46.9 Å². The summed E-state index contributed by atoms with van der Waals surface area (Å²) >= 11 is 9.85. The van der Waals surface area contributed by atoms with Crippen LogP contribution in [-0.4, -0.2) is 18.5 Å². The summed E-state index contributed by atoms with van der Waals surface area (Å²) in [6.45, 7) is 3.50. The van der Waals surface area contributed by atoms with Crippen molar-refractivity contribution in [1.29, 1.82) is 0 Å². The first-order valence-corrected chi connectivity index (χ1v) is 8.09. The van der Waals surface area contributed by atoms with E-state index in [1.54, 1.807) is 0 Å². The molecule has 0 spiro atoms. The van der Waals surface area contributed by atoms with Gasteiger partial charge >= 0.3 is 0 Å². The van der Waals surface area contributed by atoms with Crippen LogP contribution in [0.3, 0.4) is 0 Å². The molecule has 2 nitrogen and oxygen atoms in total. The molecule has 2 N–H and O–H groups in total. The van der Waals surface area contributed by atoms with Crippen LogP contribution in [-0.2, 0) is 6.54 Å². The van der Waals surface area contributed by atoms with E-state index in [2.05, 4.69) is 59.1 Å². The minimum absolute atomic E-state index is 0.0922. The second kappa shape index (κ2) is 7.41. The van der Waals surface area contributed by atoms with Crippen molar-refractivity contribution in [3.63, 3.8) is 0 Å². The predicted molar refractivity (Wildman–Crippen MR) is 93.6 cm³/mol. The normalized spacial score (nSPS) is 12.7. The fourth-order valence-corrected chi connectivity index (χ4v) is 3.10. The van der Waals surface area contributed by atoms with Crippen molar-refractivity contribution in [3.8, 4) is 0 Å². The summed E-state index contributed by atoms with van der Waals surface area (Å²) in [7, 11) is 2.08. The quantitative estimate of drug-likeness (QED) is 0.840. The monoisotopic (exact) mass is 366 g/mol. The van der Waals surface area contributed by atoms with Crippen LogP contribution in [0.1, 0.15) is 22.7 Å². The number of nitrogens with zero attached hydrogens (tertiary/aromatic N) is 1. The van der Waals surface area contributed by atoms with E-state index >= 15 is 0 Å². The molecule has 0 saturated heterocycles. The van der Waals surface area contributed by atoms with E-state index in [9.17, 15) is 0 Å². The SMILES string of the molecule is Cc1ccccc1CN(C)C(CN)c1cc(Br)ccc1Cl. The van der Waals surface area contributed by atoms with Gasteiger partial charge in [0.1, 0.15) is 0 Å². The van der Waals surface area contributed by atoms with Crippen molar-refractivity contribution >= 4 is 27.5 Å². The minimum atomic E-state index is 0.0922. The summed E-state index contributed by atoms with van der Waals surface area (Å²) in [5, 5.41) is 0.755. The topological polar surface area (TPSA) is 29.3 Å². The van der Waals surface area contributed by atoms with E-state index in [4.69, 9.17) is 17.3 Å². The molecule has 2 aromatic rings. The van der Waals surface area contributed by atoms with Gasteiger partial charge in [0.05, 0.1) is 0 Å². The summed E-state index contributed by atoms with van der Waals surface area (Å²) in [5.74, 6) is 0. The first kappa shape index (κ1) is 16.5. The molecule has 0 heterocycles. The van der Waals surface area contributed by atoms with Crippen molar-refractivity contribution in [3.05, 3.63) is 68.7 Å². The van der Waals surface area contributed by atoms with E-state index in [1.165, 1.54) is 11.1 Å². The largest absolute Gasteiger partial charge is 0.329 e. The molecule has 2 rings (SSSR count). The molecule has 1 atom stereocenters. The molecule has 21 heavy (non-hydrogen) atoms. The number of rotatable bonds is 5. The van der Waals surface area contributed by atoms with Crippen molar-refractivity contribution in [2.45, 2.75) is 19.5 Å². The average molecular weight is 368 g/mol. The number of hydrogen-bond acceptors (Lipinski definition) is 2. The molecule has 0 saturated carbocycles. The third-order valence-corrected chi connectivity index (χ3v) is 4.59. The first-order valence-electron chi connectivity index (χ1n) is 6.92. The highest BCUT2D eigenvalue weighted by molar-refractivity contribution is 9.10. The Morgan fingerprint density at radius 1 is 1.24 bits per heavy atom. The van der Waals surface area contributed by atoms with Gasteiger partial charge in [0.2, 0.25) is 0 Å². The standard InChI is InChI=1S/C17H20BrClN2/c1-12-5-3-4-6-13(12)11-21(2)17(10-20)15-9-14(18)7-8-16(15)19/h3-9,17H,10-11,20H2,1-2H3. The minimum Gasteiger partial charge on any atom is -0.329 e. The number of halogens is 2. The van der Waals surface area contributed by atoms with Crippen LogP contribution in [0.2, 0.25) is 5.02 Å². The van der Waals surface area contributed by atoms with Crippen molar-refractivity contribution in [2.75, 3.05) is 13.6 Å². The van der Waals surface area contributed by atoms with Gasteiger partial charge in [-0.1, -0.05) is 51.8 Å². The lowest BCUT2D eigenvalue weighted by Gasteiger charge is -2.28. The molecular formula is C17H20BrClN2. The maximum absolute atomic E-state index is 6.34. The van der Waals surface area contributed by atoms with Crippen LogP contribution >= 0.6 is 27.5 Å². The van der Waals surface area contributed by atoms with Gasteiger partial charge in [0, 0.05) is 28.6 Å². The highest BCUT2D eigenvalue weighted by Crippen LogP contribution is 2.30. The Morgan fingerprint density at radius 3 is 2.62 bits per heavy atom. The Labute approximate surface area is 140 Å². The zero-order valence-electron chi connectivity index (χ0n) is 12.3. The van der Waals surface area contributed by atoms with Gasteiger partial charge < -0.3 is 5.73 Å². The zero-order valence-corrected chi connectivity index (χ0v) is 14.7. The molecule has 0 amide bonds. The molecule has 0 aliphatic carbocycles.